The van der Waals surface area contributed by atoms with Crippen LogP contribution < -0.4 is 19.7 Å². The number of nitriles is 1. The summed E-state index contributed by atoms with van der Waals surface area (Å²) in [6, 6.07) is 27.0. The summed E-state index contributed by atoms with van der Waals surface area (Å²) in [6.07, 6.45) is 7.72. The minimum Gasteiger partial charge on any atom is -0.489 e. The number of rotatable bonds is 15. The van der Waals surface area contributed by atoms with Gasteiger partial charge in [-0.2, -0.15) is 5.26 Å². The zero-order valence-electron chi connectivity index (χ0n) is 39.2. The second-order valence-electron chi connectivity index (χ2n) is 19.2. The van der Waals surface area contributed by atoms with E-state index in [4.69, 9.17) is 42.6 Å². The van der Waals surface area contributed by atoms with E-state index in [1.807, 2.05) is 59.3 Å². The normalized spacial score (nSPS) is 19.2. The Hall–Kier alpha value is -5.82. The van der Waals surface area contributed by atoms with Crippen LogP contribution in [0.5, 0.6) is 11.5 Å². The van der Waals surface area contributed by atoms with Gasteiger partial charge >= 0.3 is 0 Å². The first-order valence-electron chi connectivity index (χ1n) is 24.2. The third kappa shape index (κ3) is 9.72. The van der Waals surface area contributed by atoms with E-state index in [1.165, 1.54) is 18.4 Å². The van der Waals surface area contributed by atoms with Crippen LogP contribution in [0.15, 0.2) is 85.2 Å². The highest BCUT2D eigenvalue weighted by atomic mass is 35.5. The van der Waals surface area contributed by atoms with E-state index in [0.717, 1.165) is 116 Å². The van der Waals surface area contributed by atoms with E-state index in [2.05, 4.69) is 74.1 Å². The number of carbonyl (C=O) groups is 2. The number of piperidine rings is 2. The Morgan fingerprint density at radius 3 is 2.39 bits per heavy atom. The quantitative estimate of drug-likeness (QED) is 0.0803. The molecule has 3 aromatic carbocycles. The molecule has 10 rings (SSSR count). The summed E-state index contributed by atoms with van der Waals surface area (Å²) in [5.41, 5.74) is 5.80. The van der Waals surface area contributed by atoms with Crippen LogP contribution in [-0.4, -0.2) is 130 Å². The number of pyridine rings is 1. The van der Waals surface area contributed by atoms with Crippen molar-refractivity contribution in [2.24, 2.45) is 0 Å². The van der Waals surface area contributed by atoms with Crippen LogP contribution in [-0.2, 0) is 28.0 Å². The average Bonchev–Trinajstić information content (AvgIpc) is 3.70. The van der Waals surface area contributed by atoms with Gasteiger partial charge in [-0.25, -0.2) is 15.0 Å². The van der Waals surface area contributed by atoms with E-state index >= 15 is 0 Å². The van der Waals surface area contributed by atoms with E-state index in [9.17, 15) is 14.9 Å². The molecule has 69 heavy (non-hydrogen) atoms. The standard InChI is InChI=1S/C53H58Cl2N10O4/c1-53(2,38-29-36(31-56)49(44(55)30-38)68-28-18-54)37-8-10-42(11-9-37)69-34-39-14-20-58-52(59-39)64-26-24-63(25-27-64)40-16-22-62(23-17-40)41-32-61(33-41)21-15-35-5-3-7-45-48(35)43-6-4-19-57-50(43)65(45)46-12-13-47(66)60-51(46)67/h3-11,14,19-20,29-30,40-41,46H,12-13,15-18,21-28,32-34H2,1-2H3,(H,60,66,67). The maximum atomic E-state index is 13.0. The lowest BCUT2D eigenvalue weighted by atomic mass is 9.77. The number of aromatic nitrogens is 4. The Labute approximate surface area is 413 Å². The zero-order valence-corrected chi connectivity index (χ0v) is 40.8. The van der Waals surface area contributed by atoms with Gasteiger partial charge in [-0.1, -0.05) is 49.7 Å². The molecule has 14 nitrogen and oxygen atoms in total. The minimum atomic E-state index is -0.455. The molecule has 1 unspecified atom stereocenters. The fourth-order valence-corrected chi connectivity index (χ4v) is 11.2. The number of nitrogens with one attached hydrogen (secondary N) is 1. The number of halogens is 2. The van der Waals surface area contributed by atoms with Crippen LogP contribution in [0.1, 0.15) is 73.5 Å². The lowest BCUT2D eigenvalue weighted by Crippen LogP contribution is -2.62. The fraction of sp³-hybridized carbons (Fsp3) is 0.434. The molecule has 0 spiro atoms. The summed E-state index contributed by atoms with van der Waals surface area (Å²) in [7, 11) is 0. The third-order valence-corrected chi connectivity index (χ3v) is 15.3. The Bertz CT molecular complexity index is 2880. The predicted molar refractivity (Wildman–Crippen MR) is 268 cm³/mol. The van der Waals surface area contributed by atoms with Crippen LogP contribution in [0.4, 0.5) is 5.95 Å². The minimum absolute atomic E-state index is 0.211. The highest BCUT2D eigenvalue weighted by Gasteiger charge is 2.36. The van der Waals surface area contributed by atoms with Gasteiger partial charge in [0.2, 0.25) is 17.8 Å². The lowest BCUT2D eigenvalue weighted by Gasteiger charge is -2.49. The first-order chi connectivity index (χ1) is 33.6. The molecule has 4 aliphatic heterocycles. The Balaban J connectivity index is 0.669. The molecule has 0 aliphatic carbocycles. The average molecular weight is 970 g/mol. The first-order valence-corrected chi connectivity index (χ1v) is 25.1. The van der Waals surface area contributed by atoms with Crippen molar-refractivity contribution in [2.45, 2.75) is 76.1 Å². The van der Waals surface area contributed by atoms with Crippen LogP contribution in [0.25, 0.3) is 21.9 Å². The Morgan fingerprint density at radius 1 is 0.855 bits per heavy atom. The van der Waals surface area contributed by atoms with Gasteiger partial charge < -0.3 is 18.9 Å². The molecule has 2 amide bonds. The molecule has 4 fully saturated rings. The van der Waals surface area contributed by atoms with E-state index < -0.39 is 11.5 Å². The molecule has 358 valence electrons. The molecule has 1 N–H and O–H groups in total. The fourth-order valence-electron chi connectivity index (χ4n) is 10.8. The third-order valence-electron chi connectivity index (χ3n) is 14.8. The molecule has 0 bridgehead atoms. The molecule has 0 saturated carbocycles. The van der Waals surface area contributed by atoms with Crippen molar-refractivity contribution >= 4 is 62.9 Å². The number of alkyl halides is 1. The van der Waals surface area contributed by atoms with E-state index in [-0.39, 0.29) is 18.4 Å². The van der Waals surface area contributed by atoms with Crippen molar-refractivity contribution in [3.8, 4) is 17.6 Å². The number of anilines is 1. The second kappa shape index (κ2) is 20.3. The Morgan fingerprint density at radius 2 is 1.64 bits per heavy atom. The maximum absolute atomic E-state index is 13.0. The summed E-state index contributed by atoms with van der Waals surface area (Å²) in [6.45, 7) is 14.0. The zero-order chi connectivity index (χ0) is 47.6. The first kappa shape index (κ1) is 46.9. The molecule has 0 radical (unpaired) electrons. The number of benzene rings is 3. The molecule has 3 aromatic heterocycles. The van der Waals surface area contributed by atoms with Gasteiger partial charge in [-0.15, -0.1) is 11.6 Å². The number of ether oxygens (including phenoxy) is 2. The van der Waals surface area contributed by atoms with Crippen molar-refractivity contribution in [2.75, 3.05) is 76.3 Å². The molecule has 16 heteroatoms. The molecule has 6 aromatic rings. The van der Waals surface area contributed by atoms with Crippen molar-refractivity contribution in [3.63, 3.8) is 0 Å². The van der Waals surface area contributed by atoms with Crippen molar-refractivity contribution < 1.29 is 19.1 Å². The number of nitrogens with zero attached hydrogens (tertiary/aromatic N) is 9. The van der Waals surface area contributed by atoms with E-state index in [0.29, 0.717) is 53.7 Å². The number of imide groups is 1. The topological polar surface area (TPSA) is 145 Å². The summed E-state index contributed by atoms with van der Waals surface area (Å²) in [5.74, 6) is 1.69. The van der Waals surface area contributed by atoms with Gasteiger partial charge in [0.1, 0.15) is 36.7 Å². The Kier molecular flexibility index (Phi) is 13.8. The van der Waals surface area contributed by atoms with Crippen LogP contribution >= 0.6 is 23.2 Å². The van der Waals surface area contributed by atoms with Gasteiger partial charge in [0.25, 0.3) is 0 Å². The number of amides is 2. The predicted octanol–water partition coefficient (Wildman–Crippen LogP) is 7.52. The summed E-state index contributed by atoms with van der Waals surface area (Å²) in [5, 5.41) is 14.9. The SMILES string of the molecule is CC(C)(c1ccc(OCc2ccnc(N3CCN(C4CCN(C5CN(CCc6cccc7c6c6cccnc6n7C6CCC(=O)NC6=O)C5)CC4)CC3)n2)cc1)c1cc(Cl)c(OCCCl)c(C#N)c1. The van der Waals surface area contributed by atoms with Crippen LogP contribution in [0.2, 0.25) is 5.02 Å². The molecule has 4 saturated heterocycles. The number of hydrogen-bond donors (Lipinski definition) is 1. The number of carbonyl (C=O) groups excluding carboxylic acids is 2. The molecular weight excluding hydrogens is 912 g/mol. The summed E-state index contributed by atoms with van der Waals surface area (Å²) in [4.78, 5) is 49.5. The van der Waals surface area contributed by atoms with Crippen LogP contribution in [0, 0.1) is 11.3 Å². The van der Waals surface area contributed by atoms with Gasteiger partial charge in [-0.05, 0) is 90.9 Å². The van der Waals surface area contributed by atoms with Crippen molar-refractivity contribution in [1.29, 1.82) is 5.26 Å². The summed E-state index contributed by atoms with van der Waals surface area (Å²) < 4.78 is 13.9. The van der Waals surface area contributed by atoms with Crippen molar-refractivity contribution in [1.82, 2.24) is 39.5 Å². The summed E-state index contributed by atoms with van der Waals surface area (Å²) >= 11 is 12.4. The largest absolute Gasteiger partial charge is 0.489 e. The maximum Gasteiger partial charge on any atom is 0.249 e. The van der Waals surface area contributed by atoms with Gasteiger partial charge in [0.15, 0.2) is 5.75 Å². The smallest absolute Gasteiger partial charge is 0.249 e. The monoisotopic (exact) mass is 968 g/mol. The van der Waals surface area contributed by atoms with Gasteiger partial charge in [0.05, 0.1) is 27.7 Å². The molecule has 7 heterocycles. The van der Waals surface area contributed by atoms with Gasteiger partial charge in [-0.3, -0.25) is 29.6 Å². The number of hydrogen-bond acceptors (Lipinski definition) is 12. The second-order valence-corrected chi connectivity index (χ2v) is 20.0. The number of piperazine rings is 1. The molecule has 1 atom stereocenters. The van der Waals surface area contributed by atoms with E-state index in [1.54, 1.807) is 6.20 Å². The lowest BCUT2D eigenvalue weighted by molar-refractivity contribution is -0.135. The highest BCUT2D eigenvalue weighted by molar-refractivity contribution is 6.32. The highest BCUT2D eigenvalue weighted by Crippen LogP contribution is 2.39. The number of fused-ring (bicyclic) bond motifs is 3. The van der Waals surface area contributed by atoms with Crippen molar-refractivity contribution in [3.05, 3.63) is 118 Å². The molecular formula is C53H58Cl2N10O4. The van der Waals surface area contributed by atoms with Crippen LogP contribution in [0.3, 0.4) is 0 Å². The van der Waals surface area contributed by atoms with Gasteiger partial charge in [0, 0.05) is 106 Å². The molecule has 4 aliphatic rings. The number of likely N-dealkylation sites (tertiary alicyclic amines) is 2.